The van der Waals surface area contributed by atoms with Crippen LogP contribution < -0.4 is 10.9 Å². The van der Waals surface area contributed by atoms with Gasteiger partial charge in [0.25, 0.3) is 0 Å². The second-order valence-electron chi connectivity index (χ2n) is 16.5. The summed E-state index contributed by atoms with van der Waals surface area (Å²) in [6.45, 7) is 18.7. The van der Waals surface area contributed by atoms with Crippen LogP contribution in [0.15, 0.2) is 23.3 Å². The van der Waals surface area contributed by atoms with E-state index in [-0.39, 0.29) is 63.5 Å². The lowest BCUT2D eigenvalue weighted by molar-refractivity contribution is -0.179. The third kappa shape index (κ3) is 3.95. The lowest BCUT2D eigenvalue weighted by Crippen LogP contribution is -2.67. The summed E-state index contributed by atoms with van der Waals surface area (Å²) in [5.74, 6) is -1.18. The van der Waals surface area contributed by atoms with Gasteiger partial charge in [0.05, 0.1) is 11.0 Å². The number of rotatable bonds is 2. The highest BCUT2D eigenvalue weighted by Crippen LogP contribution is 2.74. The van der Waals surface area contributed by atoms with Crippen molar-refractivity contribution in [2.45, 2.75) is 107 Å². The standard InChI is InChI=1S/C35H49N3O4/c1-20(2)28(41)37-38-29(42)35-14-12-30(3,4)18-22(35)26-23(39)16-25-32(7)17-21(19-36)27(40)31(5,6)24(32)10-11-33(25,8)34(26,9)13-15-35/h16-17,20,22,24,26H,10-15,18H2,1-9H3,(H,37,41)(H,38,42)/t22-,24-,26-,32-,33+,34+,35-/m0/s1. The molecule has 0 aromatic carbocycles. The molecule has 0 aromatic rings. The smallest absolute Gasteiger partial charge is 0.244 e. The summed E-state index contributed by atoms with van der Waals surface area (Å²) in [7, 11) is 0. The maximum atomic E-state index is 14.6. The van der Waals surface area contributed by atoms with Crippen molar-refractivity contribution in [3.63, 3.8) is 0 Å². The fourth-order valence-corrected chi connectivity index (χ4v) is 10.4. The van der Waals surface area contributed by atoms with Gasteiger partial charge >= 0.3 is 0 Å². The SMILES string of the molecule is CC(C)C(=O)NNC(=O)[C@]12CCC(C)(C)C[C@H]1[C@H]1C(=O)C=C3[C@@]4(C)C=C(C#N)C(=O)C(C)(C)[C@@H]4CC[C@@]3(C)[C@]1(C)CC2. The van der Waals surface area contributed by atoms with Crippen molar-refractivity contribution >= 4 is 23.4 Å². The topological polar surface area (TPSA) is 116 Å². The Bertz CT molecular complexity index is 1360. The highest BCUT2D eigenvalue weighted by atomic mass is 16.2. The third-order valence-electron chi connectivity index (χ3n) is 13.1. The van der Waals surface area contributed by atoms with E-state index in [1.165, 1.54) is 0 Å². The van der Waals surface area contributed by atoms with E-state index < -0.39 is 21.7 Å². The number of hydrogen-bond acceptors (Lipinski definition) is 5. The van der Waals surface area contributed by atoms with Gasteiger partial charge in [-0.1, -0.05) is 74.0 Å². The molecular formula is C35H49N3O4. The fraction of sp³-hybridized carbons (Fsp3) is 0.743. The summed E-state index contributed by atoms with van der Waals surface area (Å²) in [6.07, 6.45) is 9.13. The molecule has 42 heavy (non-hydrogen) atoms. The number of nitriles is 1. The number of fused-ring (bicyclic) bond motifs is 7. The molecule has 5 aliphatic rings. The number of hydrogen-bond donors (Lipinski definition) is 2. The summed E-state index contributed by atoms with van der Waals surface area (Å²) in [5, 5.41) is 9.93. The Morgan fingerprint density at radius 1 is 0.952 bits per heavy atom. The molecule has 5 rings (SSSR count). The zero-order valence-electron chi connectivity index (χ0n) is 27.0. The Labute approximate surface area is 251 Å². The van der Waals surface area contributed by atoms with E-state index >= 15 is 0 Å². The van der Waals surface area contributed by atoms with Gasteiger partial charge in [0.1, 0.15) is 6.07 Å². The first-order valence-corrected chi connectivity index (χ1v) is 15.9. The first-order valence-electron chi connectivity index (χ1n) is 15.9. The van der Waals surface area contributed by atoms with Crippen LogP contribution in [0.3, 0.4) is 0 Å². The number of nitrogens with one attached hydrogen (secondary N) is 2. The molecule has 0 aliphatic heterocycles. The molecule has 0 saturated heterocycles. The van der Waals surface area contributed by atoms with E-state index in [1.807, 2.05) is 26.0 Å². The zero-order chi connectivity index (χ0) is 31.3. The minimum atomic E-state index is -0.727. The van der Waals surface area contributed by atoms with Crippen LogP contribution in [0, 0.1) is 67.5 Å². The number of Topliss-reactive ketones (excluding diaryl/α,β-unsaturated/α-hetero) is 1. The molecule has 5 aliphatic carbocycles. The van der Waals surface area contributed by atoms with Gasteiger partial charge in [-0.15, -0.1) is 0 Å². The number of amides is 2. The molecule has 3 saturated carbocycles. The predicted molar refractivity (Wildman–Crippen MR) is 160 cm³/mol. The van der Waals surface area contributed by atoms with E-state index in [1.54, 1.807) is 13.8 Å². The second kappa shape index (κ2) is 9.37. The summed E-state index contributed by atoms with van der Waals surface area (Å²) < 4.78 is 0. The van der Waals surface area contributed by atoms with E-state index in [2.05, 4.69) is 51.5 Å². The fourth-order valence-electron chi connectivity index (χ4n) is 10.4. The van der Waals surface area contributed by atoms with Crippen LogP contribution in [0.5, 0.6) is 0 Å². The molecule has 0 radical (unpaired) electrons. The summed E-state index contributed by atoms with van der Waals surface area (Å²) in [4.78, 5) is 54.2. The van der Waals surface area contributed by atoms with Crippen molar-refractivity contribution in [2.24, 2.45) is 56.2 Å². The van der Waals surface area contributed by atoms with Gasteiger partial charge in [0.2, 0.25) is 11.8 Å². The summed E-state index contributed by atoms with van der Waals surface area (Å²) in [6, 6.07) is 2.17. The third-order valence-corrected chi connectivity index (χ3v) is 13.1. The Morgan fingerprint density at radius 3 is 2.21 bits per heavy atom. The zero-order valence-corrected chi connectivity index (χ0v) is 27.0. The van der Waals surface area contributed by atoms with Crippen molar-refractivity contribution < 1.29 is 19.2 Å². The summed E-state index contributed by atoms with van der Waals surface area (Å²) >= 11 is 0. The molecule has 0 heterocycles. The highest BCUT2D eigenvalue weighted by Gasteiger charge is 2.70. The van der Waals surface area contributed by atoms with Crippen LogP contribution in [0.1, 0.15) is 107 Å². The van der Waals surface area contributed by atoms with Gasteiger partial charge in [0, 0.05) is 22.7 Å². The number of carbonyl (C=O) groups is 4. The second-order valence-corrected chi connectivity index (χ2v) is 16.5. The normalized spacial score (nSPS) is 41.6. The minimum absolute atomic E-state index is 0.00600. The molecule has 3 fully saturated rings. The maximum absolute atomic E-state index is 14.6. The predicted octanol–water partition coefficient (Wildman–Crippen LogP) is 6.01. The molecule has 7 atom stereocenters. The van der Waals surface area contributed by atoms with Gasteiger partial charge in [-0.3, -0.25) is 30.0 Å². The molecule has 0 aromatic heterocycles. The number of nitrogens with zero attached hydrogens (tertiary/aromatic N) is 1. The molecule has 0 bridgehead atoms. The van der Waals surface area contributed by atoms with Crippen LogP contribution in [-0.4, -0.2) is 23.4 Å². The van der Waals surface area contributed by atoms with Crippen molar-refractivity contribution in [1.82, 2.24) is 10.9 Å². The molecule has 2 N–H and O–H groups in total. The lowest BCUT2D eigenvalue weighted by atomic mass is 9.34. The minimum Gasteiger partial charge on any atom is -0.295 e. The quantitative estimate of drug-likeness (QED) is 0.391. The van der Waals surface area contributed by atoms with Crippen molar-refractivity contribution in [3.8, 4) is 6.07 Å². The number of hydrazine groups is 1. The van der Waals surface area contributed by atoms with E-state index in [9.17, 15) is 24.4 Å². The number of carbonyl (C=O) groups excluding carboxylic acids is 4. The Kier molecular flexibility index (Phi) is 6.85. The van der Waals surface area contributed by atoms with Crippen molar-refractivity contribution in [2.75, 3.05) is 0 Å². The molecule has 0 spiro atoms. The van der Waals surface area contributed by atoms with Crippen LogP contribution in [0.25, 0.3) is 0 Å². The highest BCUT2D eigenvalue weighted by molar-refractivity contribution is 6.04. The van der Waals surface area contributed by atoms with Gasteiger partial charge in [-0.05, 0) is 79.1 Å². The monoisotopic (exact) mass is 575 g/mol. The Hall–Kier alpha value is -2.75. The van der Waals surface area contributed by atoms with Crippen molar-refractivity contribution in [1.29, 1.82) is 5.26 Å². The summed E-state index contributed by atoms with van der Waals surface area (Å²) in [5.41, 5.74) is 3.90. The van der Waals surface area contributed by atoms with E-state index in [0.717, 1.165) is 37.7 Å². The van der Waals surface area contributed by atoms with Crippen LogP contribution >= 0.6 is 0 Å². The van der Waals surface area contributed by atoms with Gasteiger partial charge in [-0.2, -0.15) is 5.26 Å². The van der Waals surface area contributed by atoms with Crippen molar-refractivity contribution in [3.05, 3.63) is 23.3 Å². The largest absolute Gasteiger partial charge is 0.295 e. The molecule has 7 heteroatoms. The van der Waals surface area contributed by atoms with Gasteiger partial charge < -0.3 is 0 Å². The first kappa shape index (κ1) is 30.7. The molecule has 2 amide bonds. The molecular weight excluding hydrogens is 526 g/mol. The van der Waals surface area contributed by atoms with Crippen LogP contribution in [-0.2, 0) is 19.2 Å². The van der Waals surface area contributed by atoms with Gasteiger partial charge in [-0.25, -0.2) is 0 Å². The average Bonchev–Trinajstić information content (AvgIpc) is 2.90. The Morgan fingerprint density at radius 2 is 1.60 bits per heavy atom. The molecule has 228 valence electrons. The van der Waals surface area contributed by atoms with Crippen LogP contribution in [0.2, 0.25) is 0 Å². The average molecular weight is 576 g/mol. The Balaban J connectivity index is 1.62. The van der Waals surface area contributed by atoms with E-state index in [4.69, 9.17) is 0 Å². The molecule has 0 unspecified atom stereocenters. The first-order chi connectivity index (χ1) is 19.3. The number of ketones is 2. The van der Waals surface area contributed by atoms with Crippen LogP contribution in [0.4, 0.5) is 0 Å². The lowest BCUT2D eigenvalue weighted by Gasteiger charge is -2.69. The number of allylic oxidation sites excluding steroid dienone is 4. The maximum Gasteiger partial charge on any atom is 0.244 e. The van der Waals surface area contributed by atoms with E-state index in [0.29, 0.717) is 12.8 Å². The molecule has 7 nitrogen and oxygen atoms in total. The van der Waals surface area contributed by atoms with Gasteiger partial charge in [0.15, 0.2) is 11.6 Å².